The van der Waals surface area contributed by atoms with Crippen LogP contribution in [-0.4, -0.2) is 68.2 Å². The quantitative estimate of drug-likeness (QED) is 0.0165. The molecule has 0 unspecified atom stereocenters. The maximum Gasteiger partial charge on any atom is 0.296 e. The van der Waals surface area contributed by atoms with Crippen LogP contribution in [0.1, 0.15) is 0 Å². The van der Waals surface area contributed by atoms with E-state index in [4.69, 9.17) is 14.7 Å². The van der Waals surface area contributed by atoms with E-state index in [0.717, 1.165) is 6.07 Å². The van der Waals surface area contributed by atoms with E-state index in [2.05, 4.69) is 44.5 Å². The molecule has 0 aliphatic heterocycles. The van der Waals surface area contributed by atoms with Crippen molar-refractivity contribution in [3.8, 4) is 5.75 Å². The fourth-order valence-corrected chi connectivity index (χ4v) is 6.91. The fourth-order valence-electron chi connectivity index (χ4n) is 4.05. The Balaban J connectivity index is 1.77. The van der Waals surface area contributed by atoms with E-state index in [0.29, 0.717) is 12.0 Å². The van der Waals surface area contributed by atoms with Crippen molar-refractivity contribution in [2.75, 3.05) is 23.6 Å². The molecule has 0 radical (unpaired) electrons. The third-order valence-electron chi connectivity index (χ3n) is 6.21. The minimum absolute atomic E-state index is 0.00501. The Morgan fingerprint density at radius 2 is 1.45 bits per heavy atom. The van der Waals surface area contributed by atoms with Gasteiger partial charge in [0.05, 0.1) is 45.6 Å². The highest BCUT2D eigenvalue weighted by atomic mass is 32.2. The number of aromatic hydroxyl groups is 1. The topological polar surface area (TPSA) is 311 Å². The highest BCUT2D eigenvalue weighted by Gasteiger charge is 2.21. The van der Waals surface area contributed by atoms with Gasteiger partial charge in [-0.1, -0.05) is 22.2 Å². The summed E-state index contributed by atoms with van der Waals surface area (Å²) in [5.74, 6) is -2.01. The van der Waals surface area contributed by atoms with Crippen molar-refractivity contribution >= 4 is 93.6 Å². The highest BCUT2D eigenvalue weighted by molar-refractivity contribution is 7.94. The van der Waals surface area contributed by atoms with Crippen LogP contribution in [0.5, 0.6) is 5.75 Å². The van der Waals surface area contributed by atoms with Gasteiger partial charge in [0.25, 0.3) is 20.2 Å². The molecular weight excluding hydrogens is 787 g/mol. The van der Waals surface area contributed by atoms with Crippen LogP contribution in [0.15, 0.2) is 102 Å². The minimum Gasteiger partial charge on any atom is -0.505 e. The van der Waals surface area contributed by atoms with E-state index in [1.807, 2.05) is 0 Å². The van der Waals surface area contributed by atoms with Gasteiger partial charge in [-0.25, -0.2) is 18.9 Å². The Bertz CT molecular complexity index is 2260. The lowest BCUT2D eigenvalue weighted by atomic mass is 10.1. The second kappa shape index (κ2) is 17.6. The van der Waals surface area contributed by atoms with Gasteiger partial charge in [-0.2, -0.15) is 21.9 Å². The summed E-state index contributed by atoms with van der Waals surface area (Å²) in [5, 5.41) is 53.7. The largest absolute Gasteiger partial charge is 0.505 e. The Morgan fingerprint density at radius 3 is 2.12 bits per heavy atom. The van der Waals surface area contributed by atoms with Crippen LogP contribution in [-0.2, 0) is 53.0 Å². The summed E-state index contributed by atoms with van der Waals surface area (Å²) < 4.78 is 104. The van der Waals surface area contributed by atoms with Crippen molar-refractivity contribution in [1.82, 2.24) is 0 Å². The minimum atomic E-state index is -4.75. The van der Waals surface area contributed by atoms with Crippen LogP contribution >= 0.6 is 24.4 Å². The number of hydrogen-bond donors (Lipinski definition) is 6. The molecule has 0 saturated heterocycles. The normalized spacial score (nSPS) is 12.7. The molecule has 21 nitrogen and oxygen atoms in total. The average molecular weight is 810 g/mol. The molecule has 4 aromatic rings. The van der Waals surface area contributed by atoms with Gasteiger partial charge in [0.1, 0.15) is 27.8 Å². The molecule has 0 fully saturated rings. The second-order valence-electron chi connectivity index (χ2n) is 9.45. The van der Waals surface area contributed by atoms with Crippen molar-refractivity contribution in [2.24, 2.45) is 20.5 Å². The zero-order valence-electron chi connectivity index (χ0n) is 25.0. The number of phenolic OH excluding ortho intramolecular Hbond substituents is 1. The number of nitrogens with zero attached hydrogens (tertiary/aromatic N) is 4. The number of benzene rings is 4. The standard InChI is InChI=1S/C25H23N5O16S5/c31-25-17-9-10-20(26-14-50(36,37)38)23(29-28-19-3-1-2-4-22(19)51(39,40)41)18(17)13-21(47-45-43-32)24(25)30-27-15-5-7-16(8-6-15)49(34,35)12-11-42-48-46-44-33/h1-10,13,26,31-33H,11-12,14H2,(H,36,37,38)(H,39,40,41)/b29-28+,30-27+. The van der Waals surface area contributed by atoms with Gasteiger partial charge in [0.15, 0.2) is 27.9 Å². The molecule has 0 spiro atoms. The number of sulfone groups is 1. The van der Waals surface area contributed by atoms with Gasteiger partial charge in [-0.05, 0) is 54.6 Å². The first-order valence-corrected chi connectivity index (χ1v) is 19.4. The number of anilines is 1. The van der Waals surface area contributed by atoms with Crippen LogP contribution < -0.4 is 5.32 Å². The van der Waals surface area contributed by atoms with Crippen molar-refractivity contribution in [1.29, 1.82) is 0 Å². The maximum atomic E-state index is 12.6. The van der Waals surface area contributed by atoms with E-state index in [1.54, 1.807) is 0 Å². The smallest absolute Gasteiger partial charge is 0.296 e. The van der Waals surface area contributed by atoms with Gasteiger partial charge < -0.3 is 10.4 Å². The molecule has 0 saturated carbocycles. The Morgan fingerprint density at radius 1 is 0.765 bits per heavy atom. The van der Waals surface area contributed by atoms with Crippen LogP contribution in [0.2, 0.25) is 0 Å². The maximum absolute atomic E-state index is 12.6. The predicted molar refractivity (Wildman–Crippen MR) is 178 cm³/mol. The van der Waals surface area contributed by atoms with Gasteiger partial charge in [0, 0.05) is 10.8 Å². The molecule has 0 aliphatic carbocycles. The first-order valence-electron chi connectivity index (χ1n) is 13.3. The molecule has 274 valence electrons. The number of hydrogen-bond acceptors (Lipinski definition) is 21. The molecule has 6 N–H and O–H groups in total. The lowest BCUT2D eigenvalue weighted by Crippen LogP contribution is -2.13. The van der Waals surface area contributed by atoms with Crippen LogP contribution in [0.3, 0.4) is 0 Å². The average Bonchev–Trinajstić information content (AvgIpc) is 3.08. The van der Waals surface area contributed by atoms with Gasteiger partial charge >= 0.3 is 0 Å². The number of nitrogens with one attached hydrogen (secondary N) is 1. The molecule has 0 atom stereocenters. The fraction of sp³-hybridized carbons (Fsp3) is 0.120. The molecule has 0 aromatic heterocycles. The zero-order chi connectivity index (χ0) is 37.2. The lowest BCUT2D eigenvalue weighted by molar-refractivity contribution is -0.434. The molecule has 51 heavy (non-hydrogen) atoms. The Hall–Kier alpha value is -3.87. The Kier molecular flexibility index (Phi) is 13.7. The van der Waals surface area contributed by atoms with Gasteiger partial charge in [0.2, 0.25) is 0 Å². The summed E-state index contributed by atoms with van der Waals surface area (Å²) >= 11 is 0.553. The van der Waals surface area contributed by atoms with E-state index in [9.17, 15) is 39.5 Å². The summed E-state index contributed by atoms with van der Waals surface area (Å²) in [6.07, 6.45) is 0. The highest BCUT2D eigenvalue weighted by Crippen LogP contribution is 2.48. The Labute approximate surface area is 296 Å². The number of azo groups is 2. The molecule has 0 bridgehead atoms. The summed E-state index contributed by atoms with van der Waals surface area (Å²) in [6, 6.07) is 13.9. The number of phenols is 1. The summed E-state index contributed by atoms with van der Waals surface area (Å²) in [7, 11) is -13.1. The molecule has 0 amide bonds. The second-order valence-corrected chi connectivity index (χ2v) is 15.6. The lowest BCUT2D eigenvalue weighted by Gasteiger charge is -2.14. The van der Waals surface area contributed by atoms with Crippen LogP contribution in [0.25, 0.3) is 10.8 Å². The first-order chi connectivity index (χ1) is 24.1. The van der Waals surface area contributed by atoms with E-state index >= 15 is 0 Å². The van der Waals surface area contributed by atoms with Crippen molar-refractivity contribution in [3.63, 3.8) is 0 Å². The van der Waals surface area contributed by atoms with Crippen molar-refractivity contribution < 1.29 is 72.9 Å². The first kappa shape index (κ1) is 39.9. The molecule has 26 heteroatoms. The molecule has 0 aliphatic rings. The summed E-state index contributed by atoms with van der Waals surface area (Å²) in [4.78, 5) is -0.783. The number of fused-ring (bicyclic) bond motifs is 1. The van der Waals surface area contributed by atoms with Crippen LogP contribution in [0, 0.1) is 0 Å². The summed E-state index contributed by atoms with van der Waals surface area (Å²) in [6.45, 7) is -0.307. The van der Waals surface area contributed by atoms with E-state index < -0.39 is 52.3 Å². The van der Waals surface area contributed by atoms with Crippen molar-refractivity contribution in [2.45, 2.75) is 14.7 Å². The summed E-state index contributed by atoms with van der Waals surface area (Å²) in [5.41, 5.74) is -0.732. The van der Waals surface area contributed by atoms with Crippen molar-refractivity contribution in [3.05, 3.63) is 66.7 Å². The molecule has 0 heterocycles. The van der Waals surface area contributed by atoms with Gasteiger partial charge in [-0.3, -0.25) is 13.3 Å². The SMILES string of the molecule is O=S(=O)(O)CNc1ccc2c(O)c(/N=N/c3ccc(S(=O)(=O)CCOSOOO)cc3)c(SOOO)cc2c1/N=N/c1ccccc1S(=O)(=O)O. The van der Waals surface area contributed by atoms with E-state index in [1.165, 1.54) is 60.7 Å². The third kappa shape index (κ3) is 11.1. The molecule has 4 aromatic carbocycles. The van der Waals surface area contributed by atoms with Crippen LogP contribution in [0.4, 0.5) is 28.4 Å². The molecule has 4 rings (SSSR count). The number of rotatable bonds is 18. The zero-order valence-corrected chi connectivity index (χ0v) is 29.1. The molecular formula is C25H23N5O16S5. The third-order valence-corrected chi connectivity index (χ3v) is 10.3. The monoisotopic (exact) mass is 809 g/mol. The van der Waals surface area contributed by atoms with E-state index in [-0.39, 0.29) is 67.9 Å². The van der Waals surface area contributed by atoms with Gasteiger partial charge in [-0.15, -0.1) is 24.0 Å². The predicted octanol–water partition coefficient (Wildman–Crippen LogP) is 6.08.